The van der Waals surface area contributed by atoms with E-state index in [-0.39, 0.29) is 36.2 Å². The van der Waals surface area contributed by atoms with Crippen molar-refractivity contribution in [2.75, 3.05) is 34.2 Å². The van der Waals surface area contributed by atoms with E-state index in [2.05, 4.69) is 92.0 Å². The summed E-state index contributed by atoms with van der Waals surface area (Å²) in [7, 11) is 6.37. The molecule has 3 aliphatic rings. The van der Waals surface area contributed by atoms with Gasteiger partial charge in [0.1, 0.15) is 6.10 Å². The summed E-state index contributed by atoms with van der Waals surface area (Å²) >= 11 is 0. The summed E-state index contributed by atoms with van der Waals surface area (Å²) in [5.41, 5.74) is 4.49. The molecule has 0 heterocycles. The van der Waals surface area contributed by atoms with Gasteiger partial charge in [0.25, 0.3) is 0 Å². The zero-order chi connectivity index (χ0) is 28.1. The van der Waals surface area contributed by atoms with Crippen LogP contribution in [0.15, 0.2) is 47.6 Å². The van der Waals surface area contributed by atoms with E-state index in [0.717, 1.165) is 36.2 Å². The summed E-state index contributed by atoms with van der Waals surface area (Å²) in [6, 6.07) is 0. The van der Waals surface area contributed by atoms with Gasteiger partial charge in [-0.25, -0.2) is 4.79 Å². The van der Waals surface area contributed by atoms with Crippen LogP contribution in [0.25, 0.3) is 0 Å². The number of nitrogens with one attached hydrogen (secondary N) is 1. The lowest BCUT2D eigenvalue weighted by atomic mass is 9.61. The number of rotatable bonds is 9. The second kappa shape index (κ2) is 14.7. The Morgan fingerprint density at radius 3 is 2.49 bits per heavy atom. The van der Waals surface area contributed by atoms with Crippen LogP contribution >= 0.6 is 0 Å². The lowest BCUT2D eigenvalue weighted by molar-refractivity contribution is -0.869. The molecule has 4 nitrogen and oxygen atoms in total. The molecule has 0 aromatic carbocycles. The predicted molar refractivity (Wildman–Crippen MR) is 161 cm³/mol. The van der Waals surface area contributed by atoms with Crippen LogP contribution < -0.4 is 29.3 Å². The molecule has 3 aliphatic carbocycles. The molecule has 39 heavy (non-hydrogen) atoms. The highest BCUT2D eigenvalue weighted by atomic mass is 127. The zero-order valence-corrected chi connectivity index (χ0v) is 28.4. The molecule has 3 rings (SSSR count). The topological polar surface area (TPSA) is 38.3 Å². The number of halogens is 1. The number of allylic oxidation sites excluding steroid dienone is 6. The van der Waals surface area contributed by atoms with Crippen molar-refractivity contribution < 1.29 is 38.0 Å². The highest BCUT2D eigenvalue weighted by molar-refractivity contribution is 5.67. The van der Waals surface area contributed by atoms with Crippen molar-refractivity contribution in [1.29, 1.82) is 0 Å². The molecule has 0 unspecified atom stereocenters. The Labute approximate surface area is 257 Å². The van der Waals surface area contributed by atoms with E-state index < -0.39 is 0 Å². The van der Waals surface area contributed by atoms with E-state index in [1.807, 2.05) is 0 Å². The van der Waals surface area contributed by atoms with E-state index in [9.17, 15) is 4.79 Å². The van der Waals surface area contributed by atoms with Gasteiger partial charge in [-0.15, -0.1) is 0 Å². The van der Waals surface area contributed by atoms with Gasteiger partial charge in [-0.05, 0) is 85.5 Å². The van der Waals surface area contributed by atoms with Crippen LogP contribution in [0, 0.1) is 35.0 Å². The summed E-state index contributed by atoms with van der Waals surface area (Å²) in [6.45, 7) is 17.9. The Kier molecular flexibility index (Phi) is 12.9. The second-order valence-electron chi connectivity index (χ2n) is 14.2. The van der Waals surface area contributed by atoms with Gasteiger partial charge in [0.15, 0.2) is 0 Å². The van der Waals surface area contributed by atoms with Crippen LogP contribution in [0.4, 0.5) is 4.79 Å². The molecule has 1 amide bonds. The number of ether oxygens (including phenoxy) is 1. The molecule has 3 saturated carbocycles. The fourth-order valence-electron chi connectivity index (χ4n) is 7.02. The molecule has 0 saturated heterocycles. The van der Waals surface area contributed by atoms with Crippen molar-refractivity contribution in [3.8, 4) is 0 Å². The summed E-state index contributed by atoms with van der Waals surface area (Å²) in [5.74, 6) is 3.42. The predicted octanol–water partition coefficient (Wildman–Crippen LogP) is 5.09. The van der Waals surface area contributed by atoms with Crippen molar-refractivity contribution in [3.05, 3.63) is 47.6 Å². The third-order valence-corrected chi connectivity index (χ3v) is 9.94. The molecule has 0 radical (unpaired) electrons. The van der Waals surface area contributed by atoms with Crippen LogP contribution in [-0.4, -0.2) is 50.9 Å². The molecule has 0 bridgehead atoms. The Morgan fingerprint density at radius 2 is 1.82 bits per heavy atom. The molecule has 0 aliphatic heterocycles. The van der Waals surface area contributed by atoms with Gasteiger partial charge in [0.2, 0.25) is 0 Å². The number of hydrogen-bond acceptors (Lipinski definition) is 2. The van der Waals surface area contributed by atoms with Crippen LogP contribution in [0.2, 0.25) is 0 Å². The van der Waals surface area contributed by atoms with Gasteiger partial charge in [0, 0.05) is 6.42 Å². The molecule has 6 atom stereocenters. The highest BCUT2D eigenvalue weighted by Crippen LogP contribution is 2.59. The van der Waals surface area contributed by atoms with Crippen molar-refractivity contribution in [2.24, 2.45) is 35.0 Å². The third kappa shape index (κ3) is 9.48. The fraction of sp³-hybridized carbons (Fsp3) is 0.735. The first-order valence-electron chi connectivity index (χ1n) is 15.3. The average Bonchev–Trinajstić information content (AvgIpc) is 3.19. The van der Waals surface area contributed by atoms with Gasteiger partial charge < -0.3 is 38.5 Å². The Balaban J connectivity index is 0.00000533. The van der Waals surface area contributed by atoms with Crippen LogP contribution in [-0.2, 0) is 4.74 Å². The van der Waals surface area contributed by atoms with Gasteiger partial charge in [-0.3, -0.25) is 0 Å². The highest BCUT2D eigenvalue weighted by Gasteiger charge is 2.50. The molecule has 0 aromatic heterocycles. The minimum Gasteiger partial charge on any atom is -1.00 e. The number of fused-ring (bicyclic) bond motifs is 1. The van der Waals surface area contributed by atoms with E-state index in [4.69, 9.17) is 4.74 Å². The molecule has 1 N–H and O–H groups in total. The number of carbonyl (C=O) groups excluding carboxylic acids is 1. The number of amides is 1. The van der Waals surface area contributed by atoms with Crippen LogP contribution in [0.3, 0.4) is 0 Å². The average molecular weight is 653 g/mol. The maximum atomic E-state index is 12.4. The van der Waals surface area contributed by atoms with Crippen molar-refractivity contribution in [3.63, 3.8) is 0 Å². The van der Waals surface area contributed by atoms with E-state index in [1.165, 1.54) is 43.3 Å². The van der Waals surface area contributed by atoms with Crippen molar-refractivity contribution in [2.45, 2.75) is 92.1 Å². The maximum absolute atomic E-state index is 12.4. The fourth-order valence-corrected chi connectivity index (χ4v) is 7.02. The van der Waals surface area contributed by atoms with E-state index in [0.29, 0.717) is 35.6 Å². The van der Waals surface area contributed by atoms with Gasteiger partial charge >= 0.3 is 6.09 Å². The normalized spacial score (nSPS) is 31.3. The SMILES string of the molecule is C=C1CC[C@H](OC(=O)NCC[N+](C)(C)C)C/C1=C/C=C1\CCC[C@]2(C)[C@@H]([C@H](C)/C=C/[C@H](C)C(C)C)CC[C@@H]12.[I-]. The number of likely N-dealkylation sites (N-methyl/N-ethyl adjacent to an activating group) is 1. The maximum Gasteiger partial charge on any atom is 0.407 e. The number of quaternary nitrogens is 1. The first kappa shape index (κ1) is 34.1. The standard InChI is InChI=1S/C34H56N2O2.HI/c1-24(2)25(3)12-13-27(5)31-18-19-32-28(11-10-20-34(31,32)6)15-16-29-23-30(17-14-26(29)4)38-33(37)35-21-22-36(7,8)9;/h12-13,15-16,24-25,27,30-32H,4,10-11,14,17-23H2,1-3,5-9H3;1H/b13-12+,28-15+,29-16-;/t25-,27+,30-,31+,32-,34+;/m0./s1. The monoisotopic (exact) mass is 652 g/mol. The molecule has 5 heteroatoms. The molecule has 0 aromatic rings. The largest absolute Gasteiger partial charge is 1.00 e. The molecule has 222 valence electrons. The third-order valence-electron chi connectivity index (χ3n) is 9.94. The molecular formula is C34H57IN2O2. The molecular weight excluding hydrogens is 595 g/mol. The molecule has 3 fully saturated rings. The lowest BCUT2D eigenvalue weighted by Crippen LogP contribution is -3.00. The zero-order valence-electron chi connectivity index (χ0n) is 26.2. The van der Waals surface area contributed by atoms with Crippen LogP contribution in [0.1, 0.15) is 86.0 Å². The minimum atomic E-state index is -0.292. The van der Waals surface area contributed by atoms with Gasteiger partial charge in [-0.2, -0.15) is 0 Å². The van der Waals surface area contributed by atoms with E-state index >= 15 is 0 Å². The number of hydrogen-bond donors (Lipinski definition) is 1. The summed E-state index contributed by atoms with van der Waals surface area (Å²) in [6.07, 6.45) is 18.4. The Bertz CT molecular complexity index is 928. The number of alkyl carbamates (subject to hydrolysis) is 1. The second-order valence-corrected chi connectivity index (χ2v) is 14.2. The smallest absolute Gasteiger partial charge is 0.407 e. The van der Waals surface area contributed by atoms with Crippen molar-refractivity contribution >= 4 is 6.09 Å². The van der Waals surface area contributed by atoms with Gasteiger partial charge in [-0.1, -0.05) is 76.6 Å². The Hall–Kier alpha value is -1.08. The van der Waals surface area contributed by atoms with Gasteiger partial charge in [0.05, 0.1) is 34.2 Å². The Morgan fingerprint density at radius 1 is 1.10 bits per heavy atom. The lowest BCUT2D eigenvalue weighted by Gasteiger charge is -2.44. The number of nitrogens with zero attached hydrogens (tertiary/aromatic N) is 1. The van der Waals surface area contributed by atoms with Crippen molar-refractivity contribution in [1.82, 2.24) is 5.32 Å². The number of carbonyl (C=O) groups is 1. The molecule has 0 spiro atoms. The quantitative estimate of drug-likeness (QED) is 0.214. The van der Waals surface area contributed by atoms with E-state index in [1.54, 1.807) is 5.57 Å². The summed E-state index contributed by atoms with van der Waals surface area (Å²) in [5, 5.41) is 2.92. The first-order chi connectivity index (χ1) is 17.8. The summed E-state index contributed by atoms with van der Waals surface area (Å²) < 4.78 is 6.61. The minimum absolute atomic E-state index is 0. The van der Waals surface area contributed by atoms with Crippen LogP contribution in [0.5, 0.6) is 0 Å². The summed E-state index contributed by atoms with van der Waals surface area (Å²) in [4.78, 5) is 12.4. The first-order valence-corrected chi connectivity index (χ1v) is 15.3.